The number of nitrogens with two attached hydrogens (primary N) is 2. The Morgan fingerprint density at radius 1 is 1.09 bits per heavy atom. The van der Waals surface area contributed by atoms with Gasteiger partial charge in [-0.15, -0.1) is 0 Å². The third-order valence-corrected chi connectivity index (χ3v) is 3.73. The number of rotatable bonds is 3. The molecule has 4 N–H and O–H groups in total. The molecular weight excluding hydrogens is 288 g/mol. The van der Waals surface area contributed by atoms with E-state index in [1.807, 2.05) is 37.3 Å². The molecule has 0 aliphatic heterocycles. The van der Waals surface area contributed by atoms with E-state index in [4.69, 9.17) is 11.5 Å². The minimum absolute atomic E-state index is 0.0349. The molecule has 0 bridgehead atoms. The maximum Gasteiger partial charge on any atom is 0.231 e. The molecule has 1 amide bonds. The van der Waals surface area contributed by atoms with Crippen molar-refractivity contribution in [3.8, 4) is 0 Å². The Balaban J connectivity index is 2.23. The van der Waals surface area contributed by atoms with Crippen LogP contribution in [0, 0.1) is 0 Å². The van der Waals surface area contributed by atoms with E-state index in [9.17, 15) is 4.79 Å². The maximum atomic E-state index is 12.6. The Morgan fingerprint density at radius 3 is 2.61 bits per heavy atom. The van der Waals surface area contributed by atoms with Crippen molar-refractivity contribution in [2.45, 2.75) is 13.3 Å². The van der Waals surface area contributed by atoms with E-state index in [2.05, 4.69) is 4.98 Å². The normalized spacial score (nSPS) is 10.7. The van der Waals surface area contributed by atoms with E-state index in [0.29, 0.717) is 23.5 Å². The molecule has 5 nitrogen and oxygen atoms in total. The number of para-hydroxylation sites is 1. The van der Waals surface area contributed by atoms with Crippen molar-refractivity contribution in [1.29, 1.82) is 0 Å². The Hall–Kier alpha value is -3.08. The number of hydrogen-bond acceptors (Lipinski definition) is 4. The van der Waals surface area contributed by atoms with E-state index in [0.717, 1.165) is 16.6 Å². The number of carbonyl (C=O) groups excluding carboxylic acids is 1. The van der Waals surface area contributed by atoms with Gasteiger partial charge in [-0.3, -0.25) is 14.7 Å². The first-order chi connectivity index (χ1) is 11.1. The lowest BCUT2D eigenvalue weighted by Gasteiger charge is -2.24. The fourth-order valence-corrected chi connectivity index (χ4v) is 2.55. The summed E-state index contributed by atoms with van der Waals surface area (Å²) < 4.78 is 0. The third-order valence-electron chi connectivity index (χ3n) is 3.73. The molecule has 0 saturated heterocycles. The van der Waals surface area contributed by atoms with Gasteiger partial charge in [-0.2, -0.15) is 0 Å². The second kappa shape index (κ2) is 5.96. The molecule has 3 aromatic rings. The van der Waals surface area contributed by atoms with Gasteiger partial charge in [0.2, 0.25) is 5.91 Å². The summed E-state index contributed by atoms with van der Waals surface area (Å²) in [6.45, 7) is 1.83. The standard InChI is InChI=1S/C18H18N4O/c1-2-17(23)22(13-8-9-14(19)15(20)11-13)16-7-3-5-12-6-4-10-21-18(12)16/h3-11H,2,19-20H2,1H3. The number of amides is 1. The summed E-state index contributed by atoms with van der Waals surface area (Å²) in [5.41, 5.74) is 14.8. The van der Waals surface area contributed by atoms with Crippen LogP contribution in [0.15, 0.2) is 54.7 Å². The van der Waals surface area contributed by atoms with Gasteiger partial charge >= 0.3 is 0 Å². The van der Waals surface area contributed by atoms with Gasteiger partial charge in [0.25, 0.3) is 0 Å². The summed E-state index contributed by atoms with van der Waals surface area (Å²) >= 11 is 0. The topological polar surface area (TPSA) is 85.2 Å². The lowest BCUT2D eigenvalue weighted by atomic mass is 10.1. The van der Waals surface area contributed by atoms with Crippen LogP contribution >= 0.6 is 0 Å². The average Bonchev–Trinajstić information content (AvgIpc) is 2.58. The molecule has 5 heteroatoms. The van der Waals surface area contributed by atoms with Gasteiger partial charge in [0.05, 0.1) is 28.3 Å². The summed E-state index contributed by atoms with van der Waals surface area (Å²) in [6, 6.07) is 14.8. The van der Waals surface area contributed by atoms with Crippen LogP contribution in [0.4, 0.5) is 22.7 Å². The molecule has 0 unspecified atom stereocenters. The van der Waals surface area contributed by atoms with Gasteiger partial charge in [0.1, 0.15) is 0 Å². The van der Waals surface area contributed by atoms with Crippen molar-refractivity contribution in [3.63, 3.8) is 0 Å². The zero-order chi connectivity index (χ0) is 16.4. The smallest absolute Gasteiger partial charge is 0.231 e. The Kier molecular flexibility index (Phi) is 3.85. The van der Waals surface area contributed by atoms with Crippen LogP contribution in [0.2, 0.25) is 0 Å². The van der Waals surface area contributed by atoms with E-state index < -0.39 is 0 Å². The molecule has 0 spiro atoms. The van der Waals surface area contributed by atoms with Crippen molar-refractivity contribution in [2.75, 3.05) is 16.4 Å². The highest BCUT2D eigenvalue weighted by atomic mass is 16.2. The molecule has 0 fully saturated rings. The minimum atomic E-state index is -0.0349. The summed E-state index contributed by atoms with van der Waals surface area (Å²) in [6.07, 6.45) is 2.09. The number of anilines is 4. The number of fused-ring (bicyclic) bond motifs is 1. The van der Waals surface area contributed by atoms with E-state index >= 15 is 0 Å². The fourth-order valence-electron chi connectivity index (χ4n) is 2.55. The van der Waals surface area contributed by atoms with Crippen LogP contribution in [0.1, 0.15) is 13.3 Å². The molecule has 3 rings (SSSR count). The zero-order valence-electron chi connectivity index (χ0n) is 12.9. The quantitative estimate of drug-likeness (QED) is 0.725. The van der Waals surface area contributed by atoms with Gasteiger partial charge in [-0.05, 0) is 30.3 Å². The van der Waals surface area contributed by atoms with Crippen LogP contribution in [0.25, 0.3) is 10.9 Å². The second-order valence-corrected chi connectivity index (χ2v) is 5.25. The van der Waals surface area contributed by atoms with E-state index in [-0.39, 0.29) is 5.91 Å². The van der Waals surface area contributed by atoms with Crippen molar-refractivity contribution in [1.82, 2.24) is 4.98 Å². The molecule has 0 aliphatic carbocycles. The van der Waals surface area contributed by atoms with Crippen LogP contribution in [-0.2, 0) is 4.79 Å². The van der Waals surface area contributed by atoms with Crippen molar-refractivity contribution < 1.29 is 4.79 Å². The summed E-state index contributed by atoms with van der Waals surface area (Å²) in [5.74, 6) is -0.0349. The monoisotopic (exact) mass is 306 g/mol. The maximum absolute atomic E-state index is 12.6. The lowest BCUT2D eigenvalue weighted by Crippen LogP contribution is -2.25. The van der Waals surface area contributed by atoms with Gasteiger partial charge in [-0.1, -0.05) is 25.1 Å². The van der Waals surface area contributed by atoms with Crippen LogP contribution in [-0.4, -0.2) is 10.9 Å². The SMILES string of the molecule is CCC(=O)N(c1ccc(N)c(N)c1)c1cccc2cccnc12. The fraction of sp³-hybridized carbons (Fsp3) is 0.111. The molecule has 1 heterocycles. The number of nitrogens with zero attached hydrogens (tertiary/aromatic N) is 2. The first-order valence-electron chi connectivity index (χ1n) is 7.43. The largest absolute Gasteiger partial charge is 0.397 e. The summed E-state index contributed by atoms with van der Waals surface area (Å²) in [4.78, 5) is 18.7. The molecule has 23 heavy (non-hydrogen) atoms. The number of carbonyl (C=O) groups is 1. The molecule has 0 aliphatic rings. The third kappa shape index (κ3) is 2.68. The molecule has 0 saturated carbocycles. The number of benzene rings is 2. The van der Waals surface area contributed by atoms with Gasteiger partial charge in [0, 0.05) is 18.0 Å². The van der Waals surface area contributed by atoms with Gasteiger partial charge in [-0.25, -0.2) is 0 Å². The van der Waals surface area contributed by atoms with Gasteiger partial charge < -0.3 is 11.5 Å². The Bertz CT molecular complexity index is 871. The number of nitrogen functional groups attached to an aromatic ring is 2. The Labute approximate surface area is 134 Å². The molecule has 0 radical (unpaired) electrons. The Morgan fingerprint density at radius 2 is 1.87 bits per heavy atom. The molecule has 2 aromatic carbocycles. The van der Waals surface area contributed by atoms with Crippen LogP contribution in [0.5, 0.6) is 0 Å². The van der Waals surface area contributed by atoms with Gasteiger partial charge in [0.15, 0.2) is 0 Å². The number of pyridine rings is 1. The van der Waals surface area contributed by atoms with Crippen molar-refractivity contribution >= 4 is 39.6 Å². The lowest BCUT2D eigenvalue weighted by molar-refractivity contribution is -0.117. The highest BCUT2D eigenvalue weighted by molar-refractivity contribution is 6.07. The zero-order valence-corrected chi connectivity index (χ0v) is 12.9. The first-order valence-corrected chi connectivity index (χ1v) is 7.43. The van der Waals surface area contributed by atoms with Crippen LogP contribution in [0.3, 0.4) is 0 Å². The molecular formula is C18H18N4O. The predicted molar refractivity (Wildman–Crippen MR) is 94.4 cm³/mol. The van der Waals surface area contributed by atoms with E-state index in [1.165, 1.54) is 0 Å². The summed E-state index contributed by atoms with van der Waals surface area (Å²) in [7, 11) is 0. The van der Waals surface area contributed by atoms with Crippen molar-refractivity contribution in [2.24, 2.45) is 0 Å². The summed E-state index contributed by atoms with van der Waals surface area (Å²) in [5, 5.41) is 0.974. The predicted octanol–water partition coefficient (Wildman–Crippen LogP) is 3.47. The van der Waals surface area contributed by atoms with Crippen molar-refractivity contribution in [3.05, 3.63) is 54.7 Å². The highest BCUT2D eigenvalue weighted by Crippen LogP contribution is 2.33. The highest BCUT2D eigenvalue weighted by Gasteiger charge is 2.19. The molecule has 116 valence electrons. The first kappa shape index (κ1) is 14.8. The molecule has 1 aromatic heterocycles. The number of hydrogen-bond donors (Lipinski definition) is 2. The molecule has 0 atom stereocenters. The van der Waals surface area contributed by atoms with Crippen LogP contribution < -0.4 is 16.4 Å². The van der Waals surface area contributed by atoms with E-state index in [1.54, 1.807) is 29.3 Å². The minimum Gasteiger partial charge on any atom is -0.397 e. The number of aromatic nitrogens is 1. The average molecular weight is 306 g/mol. The second-order valence-electron chi connectivity index (χ2n) is 5.25.